The predicted molar refractivity (Wildman–Crippen MR) is 141 cm³/mol. The number of piperidine rings is 1. The van der Waals surface area contributed by atoms with Gasteiger partial charge in [-0.3, -0.25) is 9.69 Å². The van der Waals surface area contributed by atoms with Crippen molar-refractivity contribution in [3.63, 3.8) is 0 Å². The van der Waals surface area contributed by atoms with Crippen molar-refractivity contribution in [2.24, 2.45) is 0 Å². The molecule has 2 aromatic heterocycles. The number of phenolic OH excluding ortho intramolecular Hbond substituents is 1. The molecule has 4 atom stereocenters. The Morgan fingerprint density at radius 1 is 1.23 bits per heavy atom. The van der Waals surface area contributed by atoms with Crippen LogP contribution in [0.15, 0.2) is 29.3 Å². The summed E-state index contributed by atoms with van der Waals surface area (Å²) in [5.74, 6) is -0.555. The monoisotopic (exact) mass is 542 g/mol. The lowest BCUT2D eigenvalue weighted by Crippen LogP contribution is -2.59. The van der Waals surface area contributed by atoms with Crippen LogP contribution in [0, 0.1) is 5.82 Å². The van der Waals surface area contributed by atoms with Gasteiger partial charge in [0.1, 0.15) is 23.3 Å². The Bertz CT molecular complexity index is 1470. The van der Waals surface area contributed by atoms with Gasteiger partial charge in [0, 0.05) is 31.2 Å². The molecule has 2 aliphatic heterocycles. The van der Waals surface area contributed by atoms with E-state index in [1.165, 1.54) is 22.9 Å². The maximum absolute atomic E-state index is 15.7. The minimum Gasteiger partial charge on any atom is -0.507 e. The summed E-state index contributed by atoms with van der Waals surface area (Å²) in [5.41, 5.74) is -0.970. The summed E-state index contributed by atoms with van der Waals surface area (Å²) in [5, 5.41) is 19.0. The van der Waals surface area contributed by atoms with Gasteiger partial charge >= 0.3 is 6.09 Å². The molecule has 0 aliphatic carbocycles. The van der Waals surface area contributed by atoms with Crippen molar-refractivity contribution in [3.8, 4) is 17.1 Å². The summed E-state index contributed by atoms with van der Waals surface area (Å²) in [4.78, 5) is 32.8. The van der Waals surface area contributed by atoms with Crippen LogP contribution in [0.4, 0.5) is 19.4 Å². The Kier molecular flexibility index (Phi) is 6.68. The van der Waals surface area contributed by atoms with Crippen LogP contribution in [-0.2, 0) is 11.3 Å². The third-order valence-corrected chi connectivity index (χ3v) is 7.54. The molecule has 1 N–H and O–H groups in total. The Morgan fingerprint density at radius 3 is 2.62 bits per heavy atom. The average Bonchev–Trinajstić information content (AvgIpc) is 3.24. The molecule has 12 heteroatoms. The molecule has 3 aromatic rings. The summed E-state index contributed by atoms with van der Waals surface area (Å²) in [7, 11) is 1.70. The Balaban J connectivity index is 1.38. The molecule has 2 unspecified atom stereocenters. The number of hydrogen-bond acceptors (Lipinski definition) is 8. The first-order valence-corrected chi connectivity index (χ1v) is 13.0. The highest BCUT2D eigenvalue weighted by Gasteiger charge is 2.52. The number of anilines is 1. The molecule has 208 valence electrons. The van der Waals surface area contributed by atoms with Crippen molar-refractivity contribution < 1.29 is 23.4 Å². The number of benzene rings is 1. The summed E-state index contributed by atoms with van der Waals surface area (Å²) in [6.45, 7) is 7.36. The summed E-state index contributed by atoms with van der Waals surface area (Å²) in [6, 6.07) is 1.24. The van der Waals surface area contributed by atoms with E-state index < -0.39 is 41.3 Å². The lowest BCUT2D eigenvalue weighted by atomic mass is 9.94. The molecule has 10 nitrogen and oxygen atoms in total. The Hall–Kier alpha value is -3.83. The van der Waals surface area contributed by atoms with Gasteiger partial charge in [-0.2, -0.15) is 0 Å². The van der Waals surface area contributed by atoms with E-state index in [2.05, 4.69) is 15.2 Å². The van der Waals surface area contributed by atoms with E-state index in [1.807, 2.05) is 0 Å². The topological polar surface area (TPSA) is 114 Å². The lowest BCUT2D eigenvalue weighted by molar-refractivity contribution is -0.0104. The number of nitrogens with zero attached hydrogens (tertiary/aromatic N) is 6. The minimum atomic E-state index is -1.33. The number of aromatic nitrogens is 4. The normalized spacial score (nSPS) is 22.8. The van der Waals surface area contributed by atoms with Gasteiger partial charge in [0.05, 0.1) is 29.2 Å². The largest absolute Gasteiger partial charge is 0.507 e. The number of fused-ring (bicyclic) bond motifs is 3. The number of ether oxygens (including phenoxy) is 1. The van der Waals surface area contributed by atoms with Crippen molar-refractivity contribution in [2.45, 2.75) is 83.4 Å². The van der Waals surface area contributed by atoms with E-state index in [4.69, 9.17) is 4.74 Å². The number of halogens is 2. The number of amides is 1. The molecule has 39 heavy (non-hydrogen) atoms. The van der Waals surface area contributed by atoms with Crippen molar-refractivity contribution in [1.29, 1.82) is 0 Å². The van der Waals surface area contributed by atoms with E-state index in [0.717, 1.165) is 6.20 Å². The lowest BCUT2D eigenvalue weighted by Gasteiger charge is -2.44. The third-order valence-electron chi connectivity index (χ3n) is 7.54. The second-order valence-corrected chi connectivity index (χ2v) is 11.2. The zero-order valence-electron chi connectivity index (χ0n) is 22.6. The Morgan fingerprint density at radius 2 is 1.97 bits per heavy atom. The fraction of sp³-hybridized carbons (Fsp3) is 0.519. The van der Waals surface area contributed by atoms with Crippen molar-refractivity contribution in [3.05, 3.63) is 40.7 Å². The quantitative estimate of drug-likeness (QED) is 0.526. The maximum Gasteiger partial charge on any atom is 0.410 e. The molecule has 1 aromatic carbocycles. The first-order chi connectivity index (χ1) is 18.4. The summed E-state index contributed by atoms with van der Waals surface area (Å²) in [6.07, 6.45) is 2.35. The predicted octanol–water partition coefficient (Wildman–Crippen LogP) is 4.03. The smallest absolute Gasteiger partial charge is 0.410 e. The van der Waals surface area contributed by atoms with E-state index in [9.17, 15) is 19.1 Å². The van der Waals surface area contributed by atoms with Crippen LogP contribution in [0.5, 0.6) is 5.75 Å². The third kappa shape index (κ3) is 4.76. The van der Waals surface area contributed by atoms with Gasteiger partial charge in [-0.05, 0) is 59.1 Å². The minimum absolute atomic E-state index is 0.0298. The SMILES string of the molecule is CCn1cc(F)c2cc(-c3ncc(N(C)[C@H]4CC5CCC([C@H]4F)N5C(=O)OC(C)(C)C)nn3)c(O)cc2c1=O. The van der Waals surface area contributed by atoms with Gasteiger partial charge in [0.15, 0.2) is 11.6 Å². The standard InChI is InChI=1S/C27H32F2N6O4/c1-6-34-13-18(28)15-10-17(21(36)11-16(15)25(34)37)24-30-12-22(31-32-24)33(5)20-9-14-7-8-19(23(20)29)35(14)26(38)39-27(2,3)4/h10-14,19-20,23,36H,6-9H2,1-5H3/t14?,19?,20-,23+/m0/s1. The number of aromatic hydroxyl groups is 1. The number of alkyl halides is 1. The van der Waals surface area contributed by atoms with Crippen LogP contribution in [0.2, 0.25) is 0 Å². The number of carbonyl (C=O) groups is 1. The molecule has 2 bridgehead atoms. The van der Waals surface area contributed by atoms with Gasteiger partial charge in [-0.15, -0.1) is 10.2 Å². The van der Waals surface area contributed by atoms with Crippen molar-refractivity contribution >= 4 is 22.7 Å². The van der Waals surface area contributed by atoms with E-state index >= 15 is 4.39 Å². The first-order valence-electron chi connectivity index (χ1n) is 13.0. The van der Waals surface area contributed by atoms with Crippen LogP contribution in [-0.4, -0.2) is 72.8 Å². The number of rotatable bonds is 4. The number of phenols is 1. The average molecular weight is 543 g/mol. The van der Waals surface area contributed by atoms with Gasteiger partial charge in [0.2, 0.25) is 0 Å². The Labute approximate surface area is 224 Å². The molecule has 2 fully saturated rings. The molecule has 4 heterocycles. The zero-order valence-corrected chi connectivity index (χ0v) is 22.6. The van der Waals surface area contributed by atoms with E-state index in [1.54, 1.807) is 44.5 Å². The molecule has 0 saturated carbocycles. The van der Waals surface area contributed by atoms with Gasteiger partial charge in [-0.1, -0.05) is 0 Å². The number of pyridine rings is 1. The molecule has 2 aliphatic rings. The van der Waals surface area contributed by atoms with Gasteiger partial charge < -0.3 is 19.3 Å². The van der Waals surface area contributed by atoms with Crippen LogP contribution >= 0.6 is 0 Å². The summed E-state index contributed by atoms with van der Waals surface area (Å²) >= 11 is 0. The van der Waals surface area contributed by atoms with Gasteiger partial charge in [0.25, 0.3) is 5.56 Å². The zero-order chi connectivity index (χ0) is 28.2. The second-order valence-electron chi connectivity index (χ2n) is 11.2. The van der Waals surface area contributed by atoms with Crippen molar-refractivity contribution in [2.75, 3.05) is 11.9 Å². The van der Waals surface area contributed by atoms with Gasteiger partial charge in [-0.25, -0.2) is 18.6 Å². The van der Waals surface area contributed by atoms with Crippen molar-refractivity contribution in [1.82, 2.24) is 24.6 Å². The van der Waals surface area contributed by atoms with E-state index in [-0.39, 0.29) is 40.5 Å². The first kappa shape index (κ1) is 26.8. The fourth-order valence-electron chi connectivity index (χ4n) is 5.61. The molecule has 5 rings (SSSR count). The van der Waals surface area contributed by atoms with Crippen LogP contribution < -0.4 is 10.5 Å². The number of aryl methyl sites for hydroxylation is 1. The highest BCUT2D eigenvalue weighted by atomic mass is 19.1. The second kappa shape index (κ2) is 9.73. The molecule has 0 radical (unpaired) electrons. The highest BCUT2D eigenvalue weighted by molar-refractivity contribution is 5.89. The fourth-order valence-corrected chi connectivity index (χ4v) is 5.61. The molecule has 1 amide bonds. The molecular formula is C27H32F2N6O4. The van der Waals surface area contributed by atoms with Crippen LogP contribution in [0.1, 0.15) is 47.0 Å². The molecule has 2 saturated heterocycles. The number of carbonyl (C=O) groups excluding carboxylic acids is 1. The molecule has 0 spiro atoms. The maximum atomic E-state index is 15.7. The number of hydrogen-bond donors (Lipinski definition) is 1. The van der Waals surface area contributed by atoms with E-state index in [0.29, 0.717) is 25.1 Å². The van der Waals surface area contributed by atoms with Crippen LogP contribution in [0.25, 0.3) is 22.2 Å². The summed E-state index contributed by atoms with van der Waals surface area (Å²) < 4.78 is 37.2. The highest BCUT2D eigenvalue weighted by Crippen LogP contribution is 2.41. The molecular weight excluding hydrogens is 510 g/mol. The van der Waals surface area contributed by atoms with Crippen LogP contribution in [0.3, 0.4) is 0 Å².